The summed E-state index contributed by atoms with van der Waals surface area (Å²) in [5.74, 6) is 0.408. The zero-order chi connectivity index (χ0) is 21.0. The van der Waals surface area contributed by atoms with Crippen LogP contribution in [-0.4, -0.2) is 18.0 Å². The Morgan fingerprint density at radius 1 is 1.10 bits per heavy atom. The number of aromatic nitrogens is 1. The van der Waals surface area contributed by atoms with E-state index in [0.29, 0.717) is 27.4 Å². The SMILES string of the molecule is COc1ccc([C@@H]2c3c(oc4cc(C)c(C)cc4c3=O)C(=O)N2c2nccs2)cc1. The van der Waals surface area contributed by atoms with E-state index in [9.17, 15) is 9.59 Å². The fraction of sp³-hybridized carbons (Fsp3) is 0.174. The molecule has 0 radical (unpaired) electrons. The summed E-state index contributed by atoms with van der Waals surface area (Å²) in [6.45, 7) is 3.90. The molecule has 3 heterocycles. The summed E-state index contributed by atoms with van der Waals surface area (Å²) in [5.41, 5.74) is 3.35. The lowest BCUT2D eigenvalue weighted by Gasteiger charge is -2.22. The first-order valence-corrected chi connectivity index (χ1v) is 10.3. The standard InChI is InChI=1S/C23H18N2O4S/c1-12-10-16-17(11-13(12)2)29-21-18(20(16)26)19(14-4-6-15(28-3)7-5-14)25(22(21)27)23-24-8-9-30-23/h4-11,19H,1-3H3/t19-/m1/s1. The molecule has 6 nitrogen and oxygen atoms in total. The van der Waals surface area contributed by atoms with Crippen LogP contribution in [-0.2, 0) is 0 Å². The molecule has 5 rings (SSSR count). The largest absolute Gasteiger partial charge is 0.497 e. The van der Waals surface area contributed by atoms with Crippen molar-refractivity contribution in [1.29, 1.82) is 0 Å². The van der Waals surface area contributed by atoms with Gasteiger partial charge in [-0.25, -0.2) is 4.98 Å². The van der Waals surface area contributed by atoms with Gasteiger partial charge in [0.15, 0.2) is 10.6 Å². The molecule has 0 aliphatic carbocycles. The number of fused-ring (bicyclic) bond motifs is 2. The Kier molecular flexibility index (Phi) is 4.22. The molecule has 30 heavy (non-hydrogen) atoms. The number of amides is 1. The molecular formula is C23H18N2O4S. The van der Waals surface area contributed by atoms with Crippen LogP contribution in [0.15, 0.2) is 57.2 Å². The Morgan fingerprint density at radius 2 is 1.83 bits per heavy atom. The van der Waals surface area contributed by atoms with Crippen LogP contribution in [0.3, 0.4) is 0 Å². The molecule has 0 bridgehead atoms. The molecule has 4 aromatic rings. The van der Waals surface area contributed by atoms with Gasteiger partial charge in [-0.2, -0.15) is 0 Å². The van der Waals surface area contributed by atoms with Crippen molar-refractivity contribution in [2.45, 2.75) is 19.9 Å². The monoisotopic (exact) mass is 418 g/mol. The molecule has 150 valence electrons. The molecule has 1 amide bonds. The minimum Gasteiger partial charge on any atom is -0.497 e. The topological polar surface area (TPSA) is 72.6 Å². The Hall–Kier alpha value is -3.45. The number of hydrogen-bond donors (Lipinski definition) is 0. The zero-order valence-corrected chi connectivity index (χ0v) is 17.4. The van der Waals surface area contributed by atoms with Crippen LogP contribution in [0.5, 0.6) is 5.75 Å². The molecule has 1 aliphatic heterocycles. The average molecular weight is 418 g/mol. The van der Waals surface area contributed by atoms with E-state index in [-0.39, 0.29) is 17.1 Å². The van der Waals surface area contributed by atoms with Crippen LogP contribution >= 0.6 is 11.3 Å². The van der Waals surface area contributed by atoms with Crippen molar-refractivity contribution in [2.24, 2.45) is 0 Å². The van der Waals surface area contributed by atoms with Gasteiger partial charge in [-0.3, -0.25) is 14.5 Å². The van der Waals surface area contributed by atoms with Crippen LogP contribution in [0.25, 0.3) is 11.0 Å². The van der Waals surface area contributed by atoms with Crippen molar-refractivity contribution in [3.05, 3.63) is 86.2 Å². The van der Waals surface area contributed by atoms with Gasteiger partial charge in [0.1, 0.15) is 11.3 Å². The maximum absolute atomic E-state index is 13.6. The number of ether oxygens (including phenoxy) is 1. The van der Waals surface area contributed by atoms with E-state index in [1.165, 1.54) is 11.3 Å². The number of thiazole rings is 1. The number of benzene rings is 2. The van der Waals surface area contributed by atoms with Crippen LogP contribution in [0, 0.1) is 13.8 Å². The third-order valence-corrected chi connectivity index (χ3v) is 6.31. The molecule has 0 unspecified atom stereocenters. The van der Waals surface area contributed by atoms with Gasteiger partial charge in [0.25, 0.3) is 5.91 Å². The number of nitrogens with zero attached hydrogens (tertiary/aromatic N) is 2. The average Bonchev–Trinajstić information content (AvgIpc) is 3.37. The van der Waals surface area contributed by atoms with E-state index in [4.69, 9.17) is 9.15 Å². The number of methoxy groups -OCH3 is 1. The Balaban J connectivity index is 1.81. The van der Waals surface area contributed by atoms with Crippen molar-refractivity contribution in [1.82, 2.24) is 4.98 Å². The van der Waals surface area contributed by atoms with Gasteiger partial charge in [0.2, 0.25) is 5.76 Å². The van der Waals surface area contributed by atoms with Crippen molar-refractivity contribution >= 4 is 33.3 Å². The van der Waals surface area contributed by atoms with E-state index in [0.717, 1.165) is 16.7 Å². The number of rotatable bonds is 3. The lowest BCUT2D eigenvalue weighted by Crippen LogP contribution is -2.29. The first-order chi connectivity index (χ1) is 14.5. The third-order valence-electron chi connectivity index (χ3n) is 5.54. The summed E-state index contributed by atoms with van der Waals surface area (Å²) in [6.07, 6.45) is 1.64. The van der Waals surface area contributed by atoms with Crippen molar-refractivity contribution in [3.63, 3.8) is 0 Å². The zero-order valence-electron chi connectivity index (χ0n) is 16.6. The molecular weight excluding hydrogens is 400 g/mol. The molecule has 2 aromatic carbocycles. The van der Waals surface area contributed by atoms with Gasteiger partial charge in [-0.1, -0.05) is 12.1 Å². The number of carbonyl (C=O) groups excluding carboxylic acids is 1. The molecule has 0 spiro atoms. The van der Waals surface area contributed by atoms with E-state index < -0.39 is 6.04 Å². The van der Waals surface area contributed by atoms with Crippen LogP contribution < -0.4 is 15.1 Å². The number of carbonyl (C=O) groups is 1. The quantitative estimate of drug-likeness (QED) is 0.485. The highest BCUT2D eigenvalue weighted by atomic mass is 32.1. The predicted molar refractivity (Wildman–Crippen MR) is 116 cm³/mol. The van der Waals surface area contributed by atoms with Gasteiger partial charge in [0.05, 0.1) is 24.1 Å². The van der Waals surface area contributed by atoms with Crippen molar-refractivity contribution < 1.29 is 13.9 Å². The normalized spacial score (nSPS) is 15.6. The van der Waals surface area contributed by atoms with Gasteiger partial charge in [-0.15, -0.1) is 11.3 Å². The second-order valence-electron chi connectivity index (χ2n) is 7.27. The Labute approximate surface area is 176 Å². The minimum absolute atomic E-state index is 0.0757. The maximum Gasteiger partial charge on any atom is 0.297 e. The van der Waals surface area contributed by atoms with E-state index in [1.54, 1.807) is 23.6 Å². The smallest absolute Gasteiger partial charge is 0.297 e. The van der Waals surface area contributed by atoms with E-state index in [1.807, 2.05) is 50.2 Å². The fourth-order valence-electron chi connectivity index (χ4n) is 3.86. The van der Waals surface area contributed by atoms with E-state index >= 15 is 0 Å². The summed E-state index contributed by atoms with van der Waals surface area (Å²) >= 11 is 1.34. The molecule has 2 aromatic heterocycles. The van der Waals surface area contributed by atoms with E-state index in [2.05, 4.69) is 4.98 Å². The highest BCUT2D eigenvalue weighted by molar-refractivity contribution is 7.13. The summed E-state index contributed by atoms with van der Waals surface area (Å²) in [7, 11) is 1.59. The van der Waals surface area contributed by atoms with Crippen LogP contribution in [0.1, 0.15) is 38.9 Å². The highest BCUT2D eigenvalue weighted by Crippen LogP contribution is 2.42. The Bertz CT molecular complexity index is 1340. The number of hydrogen-bond acceptors (Lipinski definition) is 6. The summed E-state index contributed by atoms with van der Waals surface area (Å²) in [5, 5.41) is 2.79. The summed E-state index contributed by atoms with van der Waals surface area (Å²) < 4.78 is 11.3. The fourth-order valence-corrected chi connectivity index (χ4v) is 4.53. The molecule has 0 saturated carbocycles. The number of anilines is 1. The third kappa shape index (κ3) is 2.66. The molecule has 0 fully saturated rings. The molecule has 1 atom stereocenters. The molecule has 0 N–H and O–H groups in total. The van der Waals surface area contributed by atoms with Gasteiger partial charge < -0.3 is 9.15 Å². The minimum atomic E-state index is -0.619. The molecule has 7 heteroatoms. The van der Waals surface area contributed by atoms with Crippen LogP contribution in [0.2, 0.25) is 0 Å². The summed E-state index contributed by atoms with van der Waals surface area (Å²) in [6, 6.07) is 10.4. The lowest BCUT2D eigenvalue weighted by atomic mass is 9.97. The van der Waals surface area contributed by atoms with Crippen LogP contribution in [0.4, 0.5) is 5.13 Å². The second kappa shape index (κ2) is 6.81. The van der Waals surface area contributed by atoms with Crippen molar-refractivity contribution in [2.75, 3.05) is 12.0 Å². The second-order valence-corrected chi connectivity index (χ2v) is 8.15. The van der Waals surface area contributed by atoms with Crippen molar-refractivity contribution in [3.8, 4) is 5.75 Å². The number of aryl methyl sites for hydroxylation is 2. The van der Waals surface area contributed by atoms with Gasteiger partial charge in [0, 0.05) is 11.6 Å². The predicted octanol–water partition coefficient (Wildman–Crippen LogP) is 4.62. The highest BCUT2D eigenvalue weighted by Gasteiger charge is 2.44. The first-order valence-electron chi connectivity index (χ1n) is 9.44. The molecule has 1 aliphatic rings. The maximum atomic E-state index is 13.6. The Morgan fingerprint density at radius 3 is 2.50 bits per heavy atom. The summed E-state index contributed by atoms with van der Waals surface area (Å²) in [4.78, 5) is 32.8. The lowest BCUT2D eigenvalue weighted by molar-refractivity contribution is 0.0971. The van der Waals surface area contributed by atoms with Gasteiger partial charge >= 0.3 is 0 Å². The first kappa shape index (κ1) is 18.6. The molecule has 0 saturated heterocycles. The van der Waals surface area contributed by atoms with Gasteiger partial charge in [-0.05, 0) is 54.8 Å².